The van der Waals surface area contributed by atoms with Crippen LogP contribution in [0.25, 0.3) is 0 Å². The molecule has 1 atom stereocenters. The maximum absolute atomic E-state index is 12.4. The van der Waals surface area contributed by atoms with Gasteiger partial charge in [0.2, 0.25) is 0 Å². The summed E-state index contributed by atoms with van der Waals surface area (Å²) in [6, 6.07) is 4.89. The molecule has 3 rings (SSSR count). The Bertz CT molecular complexity index is 818. The number of halogens is 1. The van der Waals surface area contributed by atoms with Crippen LogP contribution in [0.5, 0.6) is 5.75 Å². The highest BCUT2D eigenvalue weighted by Gasteiger charge is 2.25. The van der Waals surface area contributed by atoms with Gasteiger partial charge in [-0.25, -0.2) is 0 Å². The van der Waals surface area contributed by atoms with Gasteiger partial charge in [-0.1, -0.05) is 11.6 Å². The number of ether oxygens (including phenoxy) is 1. The maximum Gasteiger partial charge on any atom is 0.255 e. The number of methoxy groups -OCH3 is 1. The predicted octanol–water partition coefficient (Wildman–Crippen LogP) is 1.64. The van der Waals surface area contributed by atoms with Crippen LogP contribution in [0.1, 0.15) is 32.8 Å². The summed E-state index contributed by atoms with van der Waals surface area (Å²) in [5.41, 5.74) is 7.11. The summed E-state index contributed by atoms with van der Waals surface area (Å²) >= 11 is 5.92. The predicted molar refractivity (Wildman–Crippen MR) is 92.9 cm³/mol. The van der Waals surface area contributed by atoms with Crippen molar-refractivity contribution in [2.24, 2.45) is 11.7 Å². The van der Waals surface area contributed by atoms with Crippen LogP contribution in [0.4, 0.5) is 0 Å². The third-order valence-electron chi connectivity index (χ3n) is 4.40. The fraction of sp³-hybridized carbons (Fsp3) is 0.353. The molecule has 8 heteroatoms. The highest BCUT2D eigenvalue weighted by Crippen LogP contribution is 2.24. The quantitative estimate of drug-likeness (QED) is 0.844. The summed E-state index contributed by atoms with van der Waals surface area (Å²) in [6.45, 7) is 1.20. The molecule has 1 aliphatic heterocycles. The minimum absolute atomic E-state index is 0.213. The van der Waals surface area contributed by atoms with Crippen molar-refractivity contribution in [3.05, 3.63) is 46.2 Å². The van der Waals surface area contributed by atoms with E-state index in [0.29, 0.717) is 41.4 Å². The number of amides is 2. The smallest absolute Gasteiger partial charge is 0.255 e. The Morgan fingerprint density at radius 2 is 2.24 bits per heavy atom. The van der Waals surface area contributed by atoms with E-state index in [1.807, 2.05) is 0 Å². The zero-order valence-electron chi connectivity index (χ0n) is 13.8. The van der Waals surface area contributed by atoms with Crippen molar-refractivity contribution in [2.75, 3.05) is 13.7 Å². The Morgan fingerprint density at radius 3 is 2.96 bits per heavy atom. The van der Waals surface area contributed by atoms with Crippen LogP contribution in [0.2, 0.25) is 5.02 Å². The number of fused-ring (bicyclic) bond motifs is 1. The number of nitrogens with two attached hydrogens (primary N) is 1. The van der Waals surface area contributed by atoms with Gasteiger partial charge >= 0.3 is 0 Å². The van der Waals surface area contributed by atoms with E-state index in [-0.39, 0.29) is 11.8 Å². The molecular weight excluding hydrogens is 344 g/mol. The van der Waals surface area contributed by atoms with Crippen molar-refractivity contribution in [2.45, 2.75) is 19.4 Å². The van der Waals surface area contributed by atoms with Gasteiger partial charge in [0.25, 0.3) is 11.8 Å². The Kier molecular flexibility index (Phi) is 4.94. The van der Waals surface area contributed by atoms with Crippen molar-refractivity contribution in [1.29, 1.82) is 0 Å². The van der Waals surface area contributed by atoms with Gasteiger partial charge in [-0.05, 0) is 37.0 Å². The van der Waals surface area contributed by atoms with Crippen LogP contribution in [-0.4, -0.2) is 35.2 Å². The van der Waals surface area contributed by atoms with Crippen molar-refractivity contribution < 1.29 is 14.3 Å². The zero-order chi connectivity index (χ0) is 18.0. The first-order chi connectivity index (χ1) is 12.0. The average Bonchev–Trinajstić information content (AvgIpc) is 3.02. The summed E-state index contributed by atoms with van der Waals surface area (Å²) in [4.78, 5) is 23.9. The van der Waals surface area contributed by atoms with E-state index < -0.39 is 5.91 Å². The molecule has 2 amide bonds. The number of hydrogen-bond donors (Lipinski definition) is 2. The Hall–Kier alpha value is -2.54. The van der Waals surface area contributed by atoms with E-state index >= 15 is 0 Å². The number of nitrogens with one attached hydrogen (secondary N) is 1. The average molecular weight is 363 g/mol. The summed E-state index contributed by atoms with van der Waals surface area (Å²) in [5, 5.41) is 7.62. The van der Waals surface area contributed by atoms with E-state index in [1.54, 1.807) is 22.9 Å². The van der Waals surface area contributed by atoms with Crippen LogP contribution in [0.3, 0.4) is 0 Å². The first-order valence-electron chi connectivity index (χ1n) is 7.95. The Balaban J connectivity index is 1.65. The molecule has 0 saturated carbocycles. The number of rotatable bonds is 5. The molecule has 0 fully saturated rings. The molecule has 0 saturated heterocycles. The summed E-state index contributed by atoms with van der Waals surface area (Å²) in [7, 11) is 1.50. The molecule has 2 aromatic rings. The van der Waals surface area contributed by atoms with E-state index in [9.17, 15) is 9.59 Å². The summed E-state index contributed by atoms with van der Waals surface area (Å²) in [5.74, 6) is -0.0492. The lowest BCUT2D eigenvalue weighted by atomic mass is 9.94. The molecule has 0 unspecified atom stereocenters. The lowest BCUT2D eigenvalue weighted by molar-refractivity contribution is 0.0938. The second-order valence-corrected chi connectivity index (χ2v) is 6.44. The van der Waals surface area contributed by atoms with Gasteiger partial charge in [0.15, 0.2) is 0 Å². The Morgan fingerprint density at radius 1 is 1.44 bits per heavy atom. The van der Waals surface area contributed by atoms with Gasteiger partial charge < -0.3 is 15.8 Å². The molecule has 132 valence electrons. The van der Waals surface area contributed by atoms with Crippen LogP contribution >= 0.6 is 11.6 Å². The van der Waals surface area contributed by atoms with Gasteiger partial charge in [-0.2, -0.15) is 5.10 Å². The molecule has 1 aromatic heterocycles. The molecule has 1 aromatic carbocycles. The number of benzene rings is 1. The highest BCUT2D eigenvalue weighted by molar-refractivity contribution is 6.30. The fourth-order valence-electron chi connectivity index (χ4n) is 3.06. The number of carbonyl (C=O) groups excluding carboxylic acids is 2. The van der Waals surface area contributed by atoms with Crippen molar-refractivity contribution >= 4 is 23.4 Å². The highest BCUT2D eigenvalue weighted by atomic mass is 35.5. The summed E-state index contributed by atoms with van der Waals surface area (Å²) < 4.78 is 7.02. The van der Waals surface area contributed by atoms with Crippen molar-refractivity contribution in [1.82, 2.24) is 15.1 Å². The van der Waals surface area contributed by atoms with Crippen LogP contribution in [-0.2, 0) is 13.0 Å². The van der Waals surface area contributed by atoms with E-state index in [1.165, 1.54) is 13.3 Å². The maximum atomic E-state index is 12.4. The summed E-state index contributed by atoms with van der Waals surface area (Å²) in [6.07, 6.45) is 3.03. The number of nitrogens with zero attached hydrogens (tertiary/aromatic N) is 2. The third kappa shape index (κ3) is 3.61. The van der Waals surface area contributed by atoms with E-state index in [2.05, 4.69) is 10.4 Å². The first-order valence-corrected chi connectivity index (χ1v) is 8.33. The van der Waals surface area contributed by atoms with Crippen molar-refractivity contribution in [3.63, 3.8) is 0 Å². The minimum Gasteiger partial charge on any atom is -0.496 e. The van der Waals surface area contributed by atoms with Gasteiger partial charge in [-0.3, -0.25) is 14.3 Å². The van der Waals surface area contributed by atoms with Crippen LogP contribution in [0, 0.1) is 5.92 Å². The largest absolute Gasteiger partial charge is 0.496 e. The van der Waals surface area contributed by atoms with E-state index in [0.717, 1.165) is 12.1 Å². The van der Waals surface area contributed by atoms with E-state index in [4.69, 9.17) is 22.1 Å². The zero-order valence-corrected chi connectivity index (χ0v) is 14.5. The SMILES string of the molecule is COc1cc(Cl)ccc1C(=O)NC[C@@H]1CCn2ncc(C(N)=O)c2C1. The lowest BCUT2D eigenvalue weighted by Gasteiger charge is -2.24. The van der Waals surface area contributed by atoms with Crippen molar-refractivity contribution in [3.8, 4) is 5.75 Å². The lowest BCUT2D eigenvalue weighted by Crippen LogP contribution is -2.34. The second kappa shape index (κ2) is 7.14. The molecule has 0 aliphatic carbocycles. The second-order valence-electron chi connectivity index (χ2n) is 6.01. The number of primary amides is 1. The molecule has 1 aliphatic rings. The van der Waals surface area contributed by atoms with Crippen LogP contribution in [0.15, 0.2) is 24.4 Å². The number of carbonyl (C=O) groups is 2. The van der Waals surface area contributed by atoms with Crippen LogP contribution < -0.4 is 15.8 Å². The molecule has 0 radical (unpaired) electrons. The number of aryl methyl sites for hydroxylation is 1. The molecular formula is C17H19ClN4O3. The third-order valence-corrected chi connectivity index (χ3v) is 4.64. The molecule has 7 nitrogen and oxygen atoms in total. The fourth-order valence-corrected chi connectivity index (χ4v) is 3.23. The van der Waals surface area contributed by atoms with Gasteiger partial charge in [-0.15, -0.1) is 0 Å². The first kappa shape index (κ1) is 17.3. The van der Waals surface area contributed by atoms with Gasteiger partial charge in [0, 0.05) is 18.1 Å². The number of hydrogen-bond acceptors (Lipinski definition) is 4. The topological polar surface area (TPSA) is 99.2 Å². The molecule has 0 spiro atoms. The van der Waals surface area contributed by atoms with Gasteiger partial charge in [0.1, 0.15) is 5.75 Å². The molecule has 0 bridgehead atoms. The monoisotopic (exact) mass is 362 g/mol. The normalized spacial score (nSPS) is 16.2. The molecule has 2 heterocycles. The van der Waals surface area contributed by atoms with Gasteiger partial charge in [0.05, 0.1) is 30.1 Å². The molecule has 3 N–H and O–H groups in total. The minimum atomic E-state index is -0.475. The number of aromatic nitrogens is 2. The Labute approximate surface area is 150 Å². The standard InChI is InChI=1S/C17H19ClN4O3/c1-25-15-7-11(18)2-3-12(15)17(24)20-8-10-4-5-22-14(6-10)13(9-21-22)16(19)23/h2-3,7,9-10H,4-6,8H2,1H3,(H2,19,23)(H,20,24)/t10-/m1/s1. The molecule has 25 heavy (non-hydrogen) atoms.